The third-order valence-electron chi connectivity index (χ3n) is 1.74. The standard InChI is InChI=1S/C6H5FN2O4/c7-5-1-3-6(4-2-5,8(10)11)9(12)13/h1-3H,4H2. The quantitative estimate of drug-likeness (QED) is 0.368. The lowest BCUT2D eigenvalue weighted by Crippen LogP contribution is -2.44. The van der Waals surface area contributed by atoms with Gasteiger partial charge in [0, 0.05) is 0 Å². The van der Waals surface area contributed by atoms with E-state index in [-0.39, 0.29) is 0 Å². The zero-order chi connectivity index (χ0) is 10.1. The number of nitrogens with zero attached hydrogens (tertiary/aromatic N) is 2. The average Bonchev–Trinajstić information content (AvgIpc) is 2.04. The molecule has 1 aliphatic carbocycles. The molecule has 1 rings (SSSR count). The summed E-state index contributed by atoms with van der Waals surface area (Å²) in [6.45, 7) is 0. The molecule has 0 spiro atoms. The van der Waals surface area contributed by atoms with Crippen molar-refractivity contribution in [3.63, 3.8) is 0 Å². The summed E-state index contributed by atoms with van der Waals surface area (Å²) in [6.07, 6.45) is 1.65. The highest BCUT2D eigenvalue weighted by atomic mass is 19.1. The summed E-state index contributed by atoms with van der Waals surface area (Å²) in [5.74, 6) is -0.695. The Bertz CT molecular complexity index is 309. The molecule has 1 aliphatic rings. The van der Waals surface area contributed by atoms with Gasteiger partial charge in [-0.2, -0.15) is 0 Å². The van der Waals surface area contributed by atoms with E-state index in [9.17, 15) is 24.6 Å². The fraction of sp³-hybridized carbons (Fsp3) is 0.333. The van der Waals surface area contributed by atoms with Crippen LogP contribution in [0.4, 0.5) is 4.39 Å². The maximum Gasteiger partial charge on any atom is 0.481 e. The van der Waals surface area contributed by atoms with Gasteiger partial charge in [0.25, 0.3) is 0 Å². The molecule has 70 valence electrons. The van der Waals surface area contributed by atoms with Gasteiger partial charge in [0.15, 0.2) is 0 Å². The summed E-state index contributed by atoms with van der Waals surface area (Å²) in [5, 5.41) is 20.8. The van der Waals surface area contributed by atoms with Gasteiger partial charge in [-0.3, -0.25) is 20.2 Å². The van der Waals surface area contributed by atoms with Crippen molar-refractivity contribution >= 4 is 0 Å². The van der Waals surface area contributed by atoms with E-state index in [1.54, 1.807) is 0 Å². The summed E-state index contributed by atoms with van der Waals surface area (Å²) < 4.78 is 12.4. The number of nitro groups is 2. The molecule has 0 aromatic heterocycles. The van der Waals surface area contributed by atoms with Crippen molar-refractivity contribution in [2.45, 2.75) is 12.1 Å². The van der Waals surface area contributed by atoms with E-state index < -0.39 is 27.8 Å². The van der Waals surface area contributed by atoms with Gasteiger partial charge in [0.1, 0.15) is 22.1 Å². The molecule has 0 N–H and O–H groups in total. The number of halogens is 1. The topological polar surface area (TPSA) is 86.3 Å². The second kappa shape index (κ2) is 2.92. The molecule has 0 atom stereocenters. The molecule has 0 amide bonds. The van der Waals surface area contributed by atoms with Gasteiger partial charge < -0.3 is 0 Å². The van der Waals surface area contributed by atoms with E-state index in [1.165, 1.54) is 0 Å². The summed E-state index contributed by atoms with van der Waals surface area (Å²) in [4.78, 5) is 18.7. The molecule has 7 heteroatoms. The van der Waals surface area contributed by atoms with Crippen LogP contribution >= 0.6 is 0 Å². The van der Waals surface area contributed by atoms with Crippen LogP contribution in [0.2, 0.25) is 0 Å². The molecule has 0 bridgehead atoms. The normalized spacial score (nSPS) is 19.3. The van der Waals surface area contributed by atoms with E-state index in [2.05, 4.69) is 0 Å². The third-order valence-corrected chi connectivity index (χ3v) is 1.74. The van der Waals surface area contributed by atoms with Crippen LogP contribution < -0.4 is 0 Å². The van der Waals surface area contributed by atoms with E-state index in [1.807, 2.05) is 0 Å². The monoisotopic (exact) mass is 188 g/mol. The number of allylic oxidation sites excluding steroid dienone is 2. The van der Waals surface area contributed by atoms with Crippen LogP contribution in [0.5, 0.6) is 0 Å². The SMILES string of the molecule is O=[N+]([O-])C1([N+](=O)[O-])C=CC(F)=CC1. The number of hydrogen-bond acceptors (Lipinski definition) is 4. The molecule has 0 aromatic carbocycles. The van der Waals surface area contributed by atoms with Crippen LogP contribution in [-0.4, -0.2) is 15.5 Å². The van der Waals surface area contributed by atoms with E-state index in [0.717, 1.165) is 12.2 Å². The van der Waals surface area contributed by atoms with Crippen molar-refractivity contribution in [2.75, 3.05) is 0 Å². The van der Waals surface area contributed by atoms with Crippen LogP contribution in [0.1, 0.15) is 6.42 Å². The first-order chi connectivity index (χ1) is 5.99. The van der Waals surface area contributed by atoms with Gasteiger partial charge in [-0.15, -0.1) is 0 Å². The van der Waals surface area contributed by atoms with Crippen LogP contribution in [0, 0.1) is 20.2 Å². The smallest absolute Gasteiger partial charge is 0.258 e. The molecule has 0 aromatic rings. The average molecular weight is 188 g/mol. The molecule has 0 radical (unpaired) electrons. The Morgan fingerprint density at radius 1 is 1.38 bits per heavy atom. The highest BCUT2D eigenvalue weighted by Crippen LogP contribution is 2.25. The van der Waals surface area contributed by atoms with Gasteiger partial charge in [-0.1, -0.05) is 0 Å². The first kappa shape index (κ1) is 9.30. The first-order valence-electron chi connectivity index (χ1n) is 3.33. The van der Waals surface area contributed by atoms with Crippen LogP contribution in [-0.2, 0) is 0 Å². The Morgan fingerprint density at radius 2 is 1.92 bits per heavy atom. The largest absolute Gasteiger partial charge is 0.481 e. The van der Waals surface area contributed by atoms with E-state index in [0.29, 0.717) is 6.08 Å². The highest BCUT2D eigenvalue weighted by molar-refractivity contribution is 5.20. The fourth-order valence-corrected chi connectivity index (χ4v) is 0.934. The number of hydrogen-bond donors (Lipinski definition) is 0. The lowest BCUT2D eigenvalue weighted by molar-refractivity contribution is -0.780. The maximum absolute atomic E-state index is 12.4. The van der Waals surface area contributed by atoms with Crippen molar-refractivity contribution in [3.8, 4) is 0 Å². The van der Waals surface area contributed by atoms with Crippen LogP contribution in [0.3, 0.4) is 0 Å². The minimum absolute atomic E-state index is 0.560. The van der Waals surface area contributed by atoms with Gasteiger partial charge in [0.2, 0.25) is 0 Å². The Balaban J connectivity index is 3.05. The van der Waals surface area contributed by atoms with Crippen molar-refractivity contribution in [1.29, 1.82) is 0 Å². The second-order valence-corrected chi connectivity index (χ2v) is 2.52. The zero-order valence-electron chi connectivity index (χ0n) is 6.34. The molecule has 0 aliphatic heterocycles. The lowest BCUT2D eigenvalue weighted by Gasteiger charge is -2.13. The van der Waals surface area contributed by atoms with Gasteiger partial charge in [0.05, 0.1) is 6.08 Å². The zero-order valence-corrected chi connectivity index (χ0v) is 6.34. The maximum atomic E-state index is 12.4. The summed E-state index contributed by atoms with van der Waals surface area (Å²) in [7, 11) is 0. The predicted octanol–water partition coefficient (Wildman–Crippen LogP) is 1.05. The summed E-state index contributed by atoms with van der Waals surface area (Å²) >= 11 is 0. The minimum Gasteiger partial charge on any atom is -0.258 e. The van der Waals surface area contributed by atoms with Crippen molar-refractivity contribution in [2.24, 2.45) is 0 Å². The van der Waals surface area contributed by atoms with E-state index >= 15 is 0 Å². The van der Waals surface area contributed by atoms with Gasteiger partial charge in [-0.05, 0) is 12.2 Å². The fourth-order valence-electron chi connectivity index (χ4n) is 0.934. The molecule has 6 nitrogen and oxygen atoms in total. The highest BCUT2D eigenvalue weighted by Gasteiger charge is 2.53. The van der Waals surface area contributed by atoms with Gasteiger partial charge in [-0.25, -0.2) is 4.39 Å². The molecular weight excluding hydrogens is 183 g/mol. The molecule has 0 unspecified atom stereocenters. The molecule has 0 fully saturated rings. The Labute approximate surface area is 71.7 Å². The molecule has 0 saturated heterocycles. The second-order valence-electron chi connectivity index (χ2n) is 2.52. The van der Waals surface area contributed by atoms with Crippen molar-refractivity contribution in [1.82, 2.24) is 0 Å². The first-order valence-corrected chi connectivity index (χ1v) is 3.33. The summed E-state index contributed by atoms with van der Waals surface area (Å²) in [5.41, 5.74) is -2.39. The Kier molecular flexibility index (Phi) is 2.09. The van der Waals surface area contributed by atoms with E-state index in [4.69, 9.17) is 0 Å². The molecule has 13 heavy (non-hydrogen) atoms. The third kappa shape index (κ3) is 1.40. The minimum atomic E-state index is -2.39. The van der Waals surface area contributed by atoms with Crippen LogP contribution in [0.25, 0.3) is 0 Å². The lowest BCUT2D eigenvalue weighted by atomic mass is 10.0. The van der Waals surface area contributed by atoms with Crippen molar-refractivity contribution in [3.05, 3.63) is 44.3 Å². The van der Waals surface area contributed by atoms with Crippen LogP contribution in [0.15, 0.2) is 24.1 Å². The Hall–Kier alpha value is -1.79. The molecular formula is C6H5FN2O4. The molecule has 0 saturated carbocycles. The summed E-state index contributed by atoms with van der Waals surface area (Å²) in [6, 6.07) is 0. The predicted molar refractivity (Wildman–Crippen MR) is 39.7 cm³/mol. The van der Waals surface area contributed by atoms with Crippen molar-refractivity contribution < 1.29 is 14.2 Å². The number of rotatable bonds is 2. The van der Waals surface area contributed by atoms with Gasteiger partial charge >= 0.3 is 5.66 Å². The Morgan fingerprint density at radius 3 is 2.23 bits per heavy atom. The molecule has 0 heterocycles.